The van der Waals surface area contributed by atoms with Gasteiger partial charge in [-0.2, -0.15) is 0 Å². The monoisotopic (exact) mass is 327 g/mol. The SMILES string of the molecule is O=C1CCN(C(=O)OCc2ccccc2)[C@H](c2cccc(F)c2)C1. The molecule has 0 radical (unpaired) electrons. The lowest BCUT2D eigenvalue weighted by Gasteiger charge is -2.34. The Labute approximate surface area is 139 Å². The van der Waals surface area contributed by atoms with Crippen LogP contribution in [-0.4, -0.2) is 23.3 Å². The van der Waals surface area contributed by atoms with Gasteiger partial charge >= 0.3 is 6.09 Å². The summed E-state index contributed by atoms with van der Waals surface area (Å²) < 4.78 is 18.9. The Morgan fingerprint density at radius 3 is 2.71 bits per heavy atom. The van der Waals surface area contributed by atoms with E-state index in [0.717, 1.165) is 5.56 Å². The van der Waals surface area contributed by atoms with Crippen LogP contribution < -0.4 is 0 Å². The smallest absolute Gasteiger partial charge is 0.410 e. The molecule has 0 unspecified atom stereocenters. The first-order valence-corrected chi connectivity index (χ1v) is 7.88. The minimum absolute atomic E-state index is 0.0661. The topological polar surface area (TPSA) is 46.6 Å². The Morgan fingerprint density at radius 2 is 1.96 bits per heavy atom. The molecule has 1 heterocycles. The highest BCUT2D eigenvalue weighted by atomic mass is 19.1. The van der Waals surface area contributed by atoms with Crippen molar-refractivity contribution in [3.8, 4) is 0 Å². The Hall–Kier alpha value is -2.69. The lowest BCUT2D eigenvalue weighted by atomic mass is 9.95. The van der Waals surface area contributed by atoms with Gasteiger partial charge in [0.2, 0.25) is 0 Å². The van der Waals surface area contributed by atoms with Crippen LogP contribution in [0.3, 0.4) is 0 Å². The Kier molecular flexibility index (Phi) is 4.89. The van der Waals surface area contributed by atoms with Crippen molar-refractivity contribution >= 4 is 11.9 Å². The van der Waals surface area contributed by atoms with Crippen molar-refractivity contribution in [1.82, 2.24) is 4.90 Å². The van der Waals surface area contributed by atoms with Crippen LogP contribution in [0.15, 0.2) is 54.6 Å². The summed E-state index contributed by atoms with van der Waals surface area (Å²) in [5.41, 5.74) is 1.50. The zero-order valence-electron chi connectivity index (χ0n) is 13.2. The summed E-state index contributed by atoms with van der Waals surface area (Å²) >= 11 is 0. The molecule has 1 aliphatic heterocycles. The molecule has 1 aliphatic rings. The number of rotatable bonds is 3. The number of halogens is 1. The van der Waals surface area contributed by atoms with Gasteiger partial charge in [-0.25, -0.2) is 9.18 Å². The number of nitrogens with zero attached hydrogens (tertiary/aromatic N) is 1. The molecule has 1 fully saturated rings. The lowest BCUT2D eigenvalue weighted by molar-refractivity contribution is -0.122. The number of benzene rings is 2. The van der Waals surface area contributed by atoms with Crippen molar-refractivity contribution in [2.24, 2.45) is 0 Å². The Morgan fingerprint density at radius 1 is 1.17 bits per heavy atom. The summed E-state index contributed by atoms with van der Waals surface area (Å²) in [6.07, 6.45) is -0.00326. The molecule has 5 heteroatoms. The quantitative estimate of drug-likeness (QED) is 0.860. The van der Waals surface area contributed by atoms with Gasteiger partial charge in [-0.1, -0.05) is 42.5 Å². The number of hydrogen-bond donors (Lipinski definition) is 0. The molecule has 1 atom stereocenters. The molecule has 1 saturated heterocycles. The summed E-state index contributed by atoms with van der Waals surface area (Å²) in [6, 6.07) is 14.9. The number of carbonyl (C=O) groups excluding carboxylic acids is 2. The maximum atomic E-state index is 13.5. The molecule has 2 aromatic rings. The van der Waals surface area contributed by atoms with Crippen LogP contribution in [0.4, 0.5) is 9.18 Å². The van der Waals surface area contributed by atoms with Crippen molar-refractivity contribution < 1.29 is 18.7 Å². The Bertz CT molecular complexity index is 732. The van der Waals surface area contributed by atoms with Gasteiger partial charge in [-0.3, -0.25) is 4.79 Å². The van der Waals surface area contributed by atoms with Gasteiger partial charge in [0.15, 0.2) is 0 Å². The fraction of sp³-hybridized carbons (Fsp3) is 0.263. The van der Waals surface area contributed by atoms with Crippen LogP contribution in [0.25, 0.3) is 0 Å². The zero-order valence-corrected chi connectivity index (χ0v) is 13.2. The number of carbonyl (C=O) groups is 2. The van der Waals surface area contributed by atoms with E-state index in [2.05, 4.69) is 0 Å². The van der Waals surface area contributed by atoms with Crippen molar-refractivity contribution in [2.75, 3.05) is 6.54 Å². The molecule has 3 rings (SSSR count). The molecular weight excluding hydrogens is 309 g/mol. The molecule has 24 heavy (non-hydrogen) atoms. The van der Waals surface area contributed by atoms with Crippen molar-refractivity contribution in [2.45, 2.75) is 25.5 Å². The summed E-state index contributed by atoms with van der Waals surface area (Å²) in [7, 11) is 0. The lowest BCUT2D eigenvalue weighted by Crippen LogP contribution is -2.41. The van der Waals surface area contributed by atoms with Crippen molar-refractivity contribution in [1.29, 1.82) is 0 Å². The second-order valence-electron chi connectivity index (χ2n) is 5.80. The normalized spacial score (nSPS) is 17.6. The van der Waals surface area contributed by atoms with Gasteiger partial charge < -0.3 is 9.64 Å². The van der Waals surface area contributed by atoms with E-state index in [-0.39, 0.29) is 31.2 Å². The number of likely N-dealkylation sites (tertiary alicyclic amines) is 1. The number of ketones is 1. The first-order chi connectivity index (χ1) is 11.6. The molecule has 0 aliphatic carbocycles. The second-order valence-corrected chi connectivity index (χ2v) is 5.80. The highest BCUT2D eigenvalue weighted by Gasteiger charge is 2.32. The van der Waals surface area contributed by atoms with E-state index in [1.54, 1.807) is 12.1 Å². The van der Waals surface area contributed by atoms with Gasteiger partial charge in [-0.15, -0.1) is 0 Å². The minimum Gasteiger partial charge on any atom is -0.445 e. The minimum atomic E-state index is -0.486. The van der Waals surface area contributed by atoms with E-state index in [4.69, 9.17) is 4.74 Å². The summed E-state index contributed by atoms with van der Waals surface area (Å²) in [5.74, 6) is -0.320. The molecule has 124 valence electrons. The van der Waals surface area contributed by atoms with E-state index < -0.39 is 12.1 Å². The molecule has 0 saturated carbocycles. The predicted molar refractivity (Wildman–Crippen MR) is 86.7 cm³/mol. The fourth-order valence-corrected chi connectivity index (χ4v) is 2.86. The molecule has 0 spiro atoms. The first kappa shape index (κ1) is 16.2. The average molecular weight is 327 g/mol. The third-order valence-electron chi connectivity index (χ3n) is 4.10. The largest absolute Gasteiger partial charge is 0.445 e. The van der Waals surface area contributed by atoms with Gasteiger partial charge in [0.25, 0.3) is 0 Å². The average Bonchev–Trinajstić information content (AvgIpc) is 2.60. The van der Waals surface area contributed by atoms with Crippen LogP contribution >= 0.6 is 0 Å². The molecule has 4 nitrogen and oxygen atoms in total. The van der Waals surface area contributed by atoms with Gasteiger partial charge in [0, 0.05) is 19.4 Å². The van der Waals surface area contributed by atoms with Crippen LogP contribution in [0.1, 0.15) is 30.0 Å². The molecular formula is C19H18FNO3. The number of ether oxygens (including phenoxy) is 1. The molecule has 0 N–H and O–H groups in total. The summed E-state index contributed by atoms with van der Waals surface area (Å²) in [6.45, 7) is 0.452. The number of amides is 1. The summed E-state index contributed by atoms with van der Waals surface area (Å²) in [5, 5.41) is 0. The predicted octanol–water partition coefficient (Wildman–Crippen LogP) is 3.87. The number of hydrogen-bond acceptors (Lipinski definition) is 3. The highest BCUT2D eigenvalue weighted by molar-refractivity contribution is 5.82. The number of Topliss-reactive ketones (excluding diaryl/α,β-unsaturated/α-hetero) is 1. The van der Waals surface area contributed by atoms with Crippen LogP contribution in [-0.2, 0) is 16.1 Å². The third-order valence-corrected chi connectivity index (χ3v) is 4.10. The van der Waals surface area contributed by atoms with Gasteiger partial charge in [-0.05, 0) is 23.3 Å². The third kappa shape index (κ3) is 3.79. The number of piperidine rings is 1. The van der Waals surface area contributed by atoms with Crippen LogP contribution in [0, 0.1) is 5.82 Å². The molecule has 1 amide bonds. The molecule has 0 bridgehead atoms. The molecule has 2 aromatic carbocycles. The van der Waals surface area contributed by atoms with Gasteiger partial charge in [0.05, 0.1) is 6.04 Å². The maximum Gasteiger partial charge on any atom is 0.410 e. The second kappa shape index (κ2) is 7.25. The maximum absolute atomic E-state index is 13.5. The van der Waals surface area contributed by atoms with Crippen molar-refractivity contribution in [3.63, 3.8) is 0 Å². The zero-order chi connectivity index (χ0) is 16.9. The van der Waals surface area contributed by atoms with Gasteiger partial charge in [0.1, 0.15) is 18.2 Å². The first-order valence-electron chi connectivity index (χ1n) is 7.88. The summed E-state index contributed by atoms with van der Waals surface area (Å²) in [4.78, 5) is 25.8. The van der Waals surface area contributed by atoms with E-state index >= 15 is 0 Å². The van der Waals surface area contributed by atoms with Crippen LogP contribution in [0.2, 0.25) is 0 Å². The van der Waals surface area contributed by atoms with E-state index in [0.29, 0.717) is 12.0 Å². The highest BCUT2D eigenvalue weighted by Crippen LogP contribution is 2.30. The van der Waals surface area contributed by atoms with Crippen LogP contribution in [0.5, 0.6) is 0 Å². The van der Waals surface area contributed by atoms with Crippen molar-refractivity contribution in [3.05, 3.63) is 71.5 Å². The fourth-order valence-electron chi connectivity index (χ4n) is 2.86. The molecule has 0 aromatic heterocycles. The standard InChI is InChI=1S/C19H18FNO3/c20-16-8-4-7-15(11-16)18-12-17(22)9-10-21(18)19(23)24-13-14-5-2-1-3-6-14/h1-8,11,18H,9-10,12-13H2/t18-/m0/s1. The Balaban J connectivity index is 1.73. The van der Waals surface area contributed by atoms with E-state index in [9.17, 15) is 14.0 Å². The van der Waals surface area contributed by atoms with E-state index in [1.165, 1.54) is 17.0 Å². The van der Waals surface area contributed by atoms with E-state index in [1.807, 2.05) is 30.3 Å².